The number of carbonyl (C=O) groups excluding carboxylic acids is 2. The van der Waals surface area contributed by atoms with Crippen molar-refractivity contribution in [3.63, 3.8) is 0 Å². The quantitative estimate of drug-likeness (QED) is 0.658. The fourth-order valence-corrected chi connectivity index (χ4v) is 2.45. The first-order valence-electron chi connectivity index (χ1n) is 7.90. The van der Waals surface area contributed by atoms with E-state index in [0.29, 0.717) is 32.7 Å². The topological polar surface area (TPSA) is 70.1 Å². The zero-order chi connectivity index (χ0) is 17.0. The highest BCUT2D eigenvalue weighted by Gasteiger charge is 2.38. The third-order valence-electron chi connectivity index (χ3n) is 3.87. The van der Waals surface area contributed by atoms with Gasteiger partial charge in [0, 0.05) is 25.1 Å². The second kappa shape index (κ2) is 7.42. The Kier molecular flexibility index (Phi) is 6.38. The number of hydrogen-bond donors (Lipinski definition) is 1. The van der Waals surface area contributed by atoms with Crippen LogP contribution < -0.4 is 0 Å². The van der Waals surface area contributed by atoms with Gasteiger partial charge in [0.25, 0.3) is 0 Å². The van der Waals surface area contributed by atoms with Gasteiger partial charge in [-0.2, -0.15) is 0 Å². The van der Waals surface area contributed by atoms with E-state index in [4.69, 9.17) is 9.84 Å². The summed E-state index contributed by atoms with van der Waals surface area (Å²) in [6, 6.07) is -0.207. The fourth-order valence-electron chi connectivity index (χ4n) is 2.45. The first kappa shape index (κ1) is 18.9. The Balaban J connectivity index is 2.50. The maximum atomic E-state index is 12.1. The number of urea groups is 1. The van der Waals surface area contributed by atoms with Crippen LogP contribution in [0.3, 0.4) is 0 Å². The van der Waals surface area contributed by atoms with Crippen LogP contribution >= 0.6 is 0 Å². The van der Waals surface area contributed by atoms with Gasteiger partial charge in [-0.3, -0.25) is 9.69 Å². The van der Waals surface area contributed by atoms with E-state index in [2.05, 4.69) is 0 Å². The molecule has 1 saturated heterocycles. The van der Waals surface area contributed by atoms with E-state index in [1.54, 1.807) is 4.90 Å². The average molecular weight is 314 g/mol. The third-order valence-corrected chi connectivity index (χ3v) is 3.87. The third kappa shape index (κ3) is 5.25. The van der Waals surface area contributed by atoms with Gasteiger partial charge in [-0.25, -0.2) is 4.79 Å². The van der Waals surface area contributed by atoms with Crippen molar-refractivity contribution in [2.24, 2.45) is 10.8 Å². The van der Waals surface area contributed by atoms with Crippen molar-refractivity contribution >= 4 is 11.9 Å². The van der Waals surface area contributed by atoms with Crippen molar-refractivity contribution in [2.75, 3.05) is 39.5 Å². The minimum atomic E-state index is -0.301. The van der Waals surface area contributed by atoms with Crippen LogP contribution in [0.4, 0.5) is 4.79 Å². The van der Waals surface area contributed by atoms with Crippen molar-refractivity contribution in [1.82, 2.24) is 9.80 Å². The smallest absolute Gasteiger partial charge is 0.327 e. The van der Waals surface area contributed by atoms with Crippen LogP contribution in [0.2, 0.25) is 0 Å². The Morgan fingerprint density at radius 1 is 1.14 bits per heavy atom. The van der Waals surface area contributed by atoms with Gasteiger partial charge in [-0.05, 0) is 18.8 Å². The van der Waals surface area contributed by atoms with Crippen molar-refractivity contribution in [1.29, 1.82) is 0 Å². The monoisotopic (exact) mass is 314 g/mol. The van der Waals surface area contributed by atoms with Crippen molar-refractivity contribution in [2.45, 2.75) is 41.0 Å². The number of imide groups is 1. The van der Waals surface area contributed by atoms with E-state index >= 15 is 0 Å². The predicted molar refractivity (Wildman–Crippen MR) is 84.4 cm³/mol. The molecule has 0 aromatic heterocycles. The zero-order valence-electron chi connectivity index (χ0n) is 14.5. The summed E-state index contributed by atoms with van der Waals surface area (Å²) in [5, 5.41) is 9.02. The van der Waals surface area contributed by atoms with Gasteiger partial charge < -0.3 is 14.7 Å². The van der Waals surface area contributed by atoms with Crippen LogP contribution in [0, 0.1) is 10.8 Å². The van der Waals surface area contributed by atoms with Gasteiger partial charge in [0.2, 0.25) is 5.91 Å². The lowest BCUT2D eigenvalue weighted by atomic mass is 9.90. The summed E-state index contributed by atoms with van der Waals surface area (Å²) >= 11 is 0. The molecule has 1 N–H and O–H groups in total. The molecule has 0 aromatic carbocycles. The molecule has 0 radical (unpaired) electrons. The Bertz CT molecular complexity index is 407. The summed E-state index contributed by atoms with van der Waals surface area (Å²) in [5.41, 5.74) is -0.381. The Hall–Kier alpha value is -1.14. The van der Waals surface area contributed by atoms with E-state index in [-0.39, 0.29) is 35.9 Å². The van der Waals surface area contributed by atoms with E-state index in [9.17, 15) is 9.59 Å². The molecule has 1 heterocycles. The molecule has 0 spiro atoms. The molecule has 0 bridgehead atoms. The van der Waals surface area contributed by atoms with Gasteiger partial charge in [0.05, 0.1) is 13.2 Å². The lowest BCUT2D eigenvalue weighted by Gasteiger charge is -2.31. The van der Waals surface area contributed by atoms with Crippen LogP contribution in [0.5, 0.6) is 0 Å². The molecule has 22 heavy (non-hydrogen) atoms. The molecule has 0 unspecified atom stereocenters. The van der Waals surface area contributed by atoms with Gasteiger partial charge in [0.15, 0.2) is 0 Å². The first-order chi connectivity index (χ1) is 10.1. The van der Waals surface area contributed by atoms with Gasteiger partial charge in [-0.1, -0.05) is 27.7 Å². The molecular formula is C16H30N2O4. The van der Waals surface area contributed by atoms with Crippen LogP contribution in [0.15, 0.2) is 0 Å². The van der Waals surface area contributed by atoms with Crippen LogP contribution in [-0.2, 0) is 9.53 Å². The summed E-state index contributed by atoms with van der Waals surface area (Å²) < 4.78 is 5.78. The van der Waals surface area contributed by atoms with E-state index in [1.807, 2.05) is 34.6 Å². The summed E-state index contributed by atoms with van der Waals surface area (Å²) in [6.45, 7) is 12.2. The van der Waals surface area contributed by atoms with Gasteiger partial charge in [0.1, 0.15) is 6.54 Å². The van der Waals surface area contributed by atoms with E-state index < -0.39 is 0 Å². The lowest BCUT2D eigenvalue weighted by Crippen LogP contribution is -2.42. The Morgan fingerprint density at radius 3 is 2.23 bits per heavy atom. The predicted octanol–water partition coefficient (Wildman–Crippen LogP) is 1.72. The minimum Gasteiger partial charge on any atom is -0.396 e. The summed E-state index contributed by atoms with van der Waals surface area (Å²) in [6.07, 6.45) is 0.683. The average Bonchev–Trinajstić information content (AvgIpc) is 2.65. The van der Waals surface area contributed by atoms with Crippen molar-refractivity contribution < 1.29 is 19.4 Å². The Labute approximate surface area is 133 Å². The molecule has 0 atom stereocenters. The number of aliphatic hydroxyl groups excluding tert-OH is 1. The number of rotatable bonds is 9. The molecule has 1 aliphatic rings. The number of ether oxygens (including phenoxy) is 1. The van der Waals surface area contributed by atoms with Gasteiger partial charge >= 0.3 is 6.03 Å². The number of nitrogens with zero attached hydrogens (tertiary/aromatic N) is 2. The van der Waals surface area contributed by atoms with Crippen LogP contribution in [0.1, 0.15) is 41.0 Å². The highest BCUT2D eigenvalue weighted by molar-refractivity contribution is 6.02. The molecule has 128 valence electrons. The second-order valence-electron chi connectivity index (χ2n) is 7.57. The number of aliphatic hydroxyl groups is 1. The van der Waals surface area contributed by atoms with Crippen molar-refractivity contribution in [3.05, 3.63) is 0 Å². The summed E-state index contributed by atoms with van der Waals surface area (Å²) in [4.78, 5) is 26.9. The van der Waals surface area contributed by atoms with Crippen LogP contribution in [-0.4, -0.2) is 66.3 Å². The Morgan fingerprint density at radius 2 is 1.73 bits per heavy atom. The highest BCUT2D eigenvalue weighted by atomic mass is 16.5. The minimum absolute atomic E-state index is 0.0802. The summed E-state index contributed by atoms with van der Waals surface area (Å²) in [5.74, 6) is -0.138. The number of hydrogen-bond acceptors (Lipinski definition) is 4. The highest BCUT2D eigenvalue weighted by Crippen LogP contribution is 2.24. The molecule has 1 rings (SSSR count). The fraction of sp³-hybridized carbons (Fsp3) is 0.875. The molecular weight excluding hydrogens is 284 g/mol. The SMILES string of the molecule is CCN1CC(=O)N(CC(C)(C)COCC(C)(C)CCO)C1=O. The maximum absolute atomic E-state index is 12.1. The van der Waals surface area contributed by atoms with E-state index in [1.165, 1.54) is 4.90 Å². The lowest BCUT2D eigenvalue weighted by molar-refractivity contribution is -0.126. The van der Waals surface area contributed by atoms with Crippen molar-refractivity contribution in [3.8, 4) is 0 Å². The molecule has 3 amide bonds. The molecule has 0 aliphatic carbocycles. The molecule has 1 fully saturated rings. The number of carbonyl (C=O) groups is 2. The largest absolute Gasteiger partial charge is 0.396 e. The number of amides is 3. The molecule has 0 aromatic rings. The second-order valence-corrected chi connectivity index (χ2v) is 7.57. The molecule has 0 saturated carbocycles. The normalized spacial score (nSPS) is 16.8. The van der Waals surface area contributed by atoms with Gasteiger partial charge in [-0.15, -0.1) is 0 Å². The standard InChI is InChI=1S/C16H30N2O4/c1-6-17-9-13(20)18(14(17)21)10-16(4,5)12-22-11-15(2,3)7-8-19/h19H,6-12H2,1-5H3. The number of likely N-dealkylation sites (N-methyl/N-ethyl adjacent to an activating group) is 1. The molecule has 1 aliphatic heterocycles. The maximum Gasteiger partial charge on any atom is 0.327 e. The van der Waals surface area contributed by atoms with Crippen LogP contribution in [0.25, 0.3) is 0 Å². The molecule has 6 nitrogen and oxygen atoms in total. The first-order valence-corrected chi connectivity index (χ1v) is 7.90. The van der Waals surface area contributed by atoms with E-state index in [0.717, 1.165) is 0 Å². The zero-order valence-corrected chi connectivity index (χ0v) is 14.5. The summed E-state index contributed by atoms with van der Waals surface area (Å²) in [7, 11) is 0. The molecule has 6 heteroatoms.